The summed E-state index contributed by atoms with van der Waals surface area (Å²) in [7, 11) is 4.17. The summed E-state index contributed by atoms with van der Waals surface area (Å²) in [6, 6.07) is 23.0. The maximum atomic E-state index is 12.7. The average Bonchev–Trinajstić information content (AvgIpc) is 2.95. The molecule has 1 fully saturated rings. The lowest BCUT2D eigenvalue weighted by atomic mass is 10.1. The summed E-state index contributed by atoms with van der Waals surface area (Å²) in [4.78, 5) is 29.7. The van der Waals surface area contributed by atoms with Crippen LogP contribution in [-0.2, 0) is 4.74 Å². The van der Waals surface area contributed by atoms with Gasteiger partial charge in [0, 0.05) is 67.9 Å². The summed E-state index contributed by atoms with van der Waals surface area (Å²) in [5.74, 6) is 0. The average molecular weight is 572 g/mol. The Balaban J connectivity index is 1.28. The van der Waals surface area contributed by atoms with Crippen LogP contribution in [0.3, 0.4) is 0 Å². The van der Waals surface area contributed by atoms with Gasteiger partial charge in [0.15, 0.2) is 0 Å². The van der Waals surface area contributed by atoms with Gasteiger partial charge in [0.1, 0.15) is 0 Å². The minimum Gasteiger partial charge on any atom is -0.378 e. The molecule has 1 atom stereocenters. The van der Waals surface area contributed by atoms with E-state index in [4.69, 9.17) is 9.72 Å². The van der Waals surface area contributed by atoms with Crippen LogP contribution in [0.5, 0.6) is 0 Å². The van der Waals surface area contributed by atoms with Crippen LogP contribution in [0.4, 0.5) is 11.4 Å². The van der Waals surface area contributed by atoms with Crippen LogP contribution in [0.2, 0.25) is 0 Å². The highest BCUT2D eigenvalue weighted by molar-refractivity contribution is 8.05. The highest BCUT2D eigenvalue weighted by atomic mass is 32.2. The standard InChI is InChI=1S/C31H33N5O2S2/c1-20-6-4-8-24(32-20)26(19-35(2)3)33-21-10-11-27-29(16-21)39-28-9-5-7-23(31(28)40-27)25-17-22(18-30(37)34-25)36-12-14-38-15-13-36/h4-11,16-18,26,33H,12-15,19H2,1-3H3,(H,34,37). The lowest BCUT2D eigenvalue weighted by molar-refractivity contribution is 0.122. The normalized spacial score (nSPS) is 15.4. The molecule has 2 aliphatic heterocycles. The molecule has 0 aliphatic carbocycles. The Morgan fingerprint density at radius 1 is 1.00 bits per heavy atom. The molecule has 0 radical (unpaired) electrons. The third kappa shape index (κ3) is 5.93. The number of hydrogen-bond donors (Lipinski definition) is 2. The molecular weight excluding hydrogens is 539 g/mol. The van der Waals surface area contributed by atoms with Gasteiger partial charge in [-0.3, -0.25) is 9.78 Å². The highest BCUT2D eigenvalue weighted by Crippen LogP contribution is 2.52. The van der Waals surface area contributed by atoms with Crippen molar-refractivity contribution in [1.29, 1.82) is 0 Å². The molecule has 2 aromatic heterocycles. The number of benzene rings is 2. The molecule has 0 saturated carbocycles. The van der Waals surface area contributed by atoms with Gasteiger partial charge >= 0.3 is 0 Å². The maximum absolute atomic E-state index is 12.7. The molecule has 40 heavy (non-hydrogen) atoms. The van der Waals surface area contributed by atoms with Gasteiger partial charge in [0.05, 0.1) is 30.6 Å². The van der Waals surface area contributed by atoms with Gasteiger partial charge in [-0.15, -0.1) is 0 Å². The fraction of sp³-hybridized carbons (Fsp3) is 0.290. The first-order chi connectivity index (χ1) is 19.4. The maximum Gasteiger partial charge on any atom is 0.250 e. The number of nitrogens with zero attached hydrogens (tertiary/aromatic N) is 3. The summed E-state index contributed by atoms with van der Waals surface area (Å²) in [5, 5.41) is 3.73. The van der Waals surface area contributed by atoms with Crippen molar-refractivity contribution in [3.63, 3.8) is 0 Å². The molecule has 2 N–H and O–H groups in total. The van der Waals surface area contributed by atoms with Gasteiger partial charge in [-0.25, -0.2) is 0 Å². The van der Waals surface area contributed by atoms with Crippen LogP contribution in [0.1, 0.15) is 17.4 Å². The number of pyridine rings is 2. The number of nitrogens with one attached hydrogen (secondary N) is 2. The Kier molecular flexibility index (Phi) is 7.89. The Bertz CT molecular complexity index is 1580. The van der Waals surface area contributed by atoms with E-state index in [0.717, 1.165) is 53.7 Å². The molecule has 7 nitrogen and oxygen atoms in total. The van der Waals surface area contributed by atoms with E-state index in [1.54, 1.807) is 29.6 Å². The Labute approximate surface area is 243 Å². The largest absolute Gasteiger partial charge is 0.378 e. The first-order valence-corrected chi connectivity index (χ1v) is 15.1. The number of aromatic nitrogens is 2. The number of morpholine rings is 1. The molecular formula is C31H33N5O2S2. The van der Waals surface area contributed by atoms with Crippen molar-refractivity contribution in [2.24, 2.45) is 0 Å². The van der Waals surface area contributed by atoms with Gasteiger partial charge in [0.2, 0.25) is 5.56 Å². The van der Waals surface area contributed by atoms with Gasteiger partial charge < -0.3 is 24.8 Å². The Hall–Kier alpha value is -3.24. The van der Waals surface area contributed by atoms with Crippen molar-refractivity contribution in [2.75, 3.05) is 57.2 Å². The lowest BCUT2D eigenvalue weighted by Crippen LogP contribution is -2.36. The number of likely N-dealkylation sites (N-methyl/N-ethyl adjacent to an activating group) is 1. The second-order valence-corrected chi connectivity index (χ2v) is 12.5. The molecule has 9 heteroatoms. The molecule has 0 bridgehead atoms. The molecule has 0 spiro atoms. The van der Waals surface area contributed by atoms with E-state index in [-0.39, 0.29) is 11.6 Å². The van der Waals surface area contributed by atoms with Crippen LogP contribution in [0.15, 0.2) is 91.1 Å². The predicted octanol–water partition coefficient (Wildman–Crippen LogP) is 5.91. The number of aromatic amines is 1. The summed E-state index contributed by atoms with van der Waals surface area (Å²) < 4.78 is 5.50. The highest BCUT2D eigenvalue weighted by Gasteiger charge is 2.23. The zero-order valence-corrected chi connectivity index (χ0v) is 24.6. The van der Waals surface area contributed by atoms with Gasteiger partial charge in [0.25, 0.3) is 0 Å². The van der Waals surface area contributed by atoms with Crippen LogP contribution in [-0.4, -0.2) is 61.8 Å². The van der Waals surface area contributed by atoms with Crippen molar-refractivity contribution >= 4 is 34.9 Å². The fourth-order valence-corrected chi connectivity index (χ4v) is 7.53. The van der Waals surface area contributed by atoms with E-state index in [1.807, 2.05) is 13.0 Å². The van der Waals surface area contributed by atoms with E-state index in [1.165, 1.54) is 19.6 Å². The number of H-pyrrole nitrogens is 1. The van der Waals surface area contributed by atoms with Gasteiger partial charge in [-0.2, -0.15) is 0 Å². The number of hydrogen-bond acceptors (Lipinski definition) is 8. The van der Waals surface area contributed by atoms with Crippen LogP contribution in [0, 0.1) is 6.92 Å². The predicted molar refractivity (Wildman–Crippen MR) is 164 cm³/mol. The quantitative estimate of drug-likeness (QED) is 0.250. The summed E-state index contributed by atoms with van der Waals surface area (Å²) in [5.41, 5.74) is 5.88. The van der Waals surface area contributed by atoms with Crippen molar-refractivity contribution in [1.82, 2.24) is 14.9 Å². The van der Waals surface area contributed by atoms with Crippen LogP contribution < -0.4 is 15.8 Å². The van der Waals surface area contributed by atoms with Crippen molar-refractivity contribution in [3.8, 4) is 11.3 Å². The fourth-order valence-electron chi connectivity index (χ4n) is 5.12. The lowest BCUT2D eigenvalue weighted by Gasteiger charge is -2.29. The number of ether oxygens (including phenoxy) is 1. The molecule has 4 aromatic rings. The zero-order valence-electron chi connectivity index (χ0n) is 22.9. The van der Waals surface area contributed by atoms with Crippen LogP contribution >= 0.6 is 23.5 Å². The minimum atomic E-state index is -0.0865. The molecule has 2 aliphatic rings. The number of fused-ring (bicyclic) bond motifs is 2. The Morgan fingerprint density at radius 2 is 1.82 bits per heavy atom. The van der Waals surface area contributed by atoms with Crippen molar-refractivity contribution in [3.05, 3.63) is 88.5 Å². The first-order valence-electron chi connectivity index (χ1n) is 13.5. The first kappa shape index (κ1) is 27.0. The third-order valence-corrected chi connectivity index (χ3v) is 9.60. The molecule has 0 amide bonds. The van der Waals surface area contributed by atoms with E-state index in [0.29, 0.717) is 13.2 Å². The van der Waals surface area contributed by atoms with Crippen LogP contribution in [0.25, 0.3) is 11.3 Å². The van der Waals surface area contributed by atoms with Crippen molar-refractivity contribution < 1.29 is 4.74 Å². The molecule has 206 valence electrons. The zero-order chi connectivity index (χ0) is 27.6. The smallest absolute Gasteiger partial charge is 0.250 e. The van der Waals surface area contributed by atoms with E-state index in [2.05, 4.69) is 88.8 Å². The number of aryl methyl sites for hydroxylation is 1. The van der Waals surface area contributed by atoms with Gasteiger partial charge in [-0.1, -0.05) is 41.7 Å². The van der Waals surface area contributed by atoms with Gasteiger partial charge in [-0.05, 0) is 63.5 Å². The summed E-state index contributed by atoms with van der Waals surface area (Å²) in [6.45, 7) is 5.81. The molecule has 2 aromatic carbocycles. The second kappa shape index (κ2) is 11.7. The SMILES string of the molecule is Cc1cccc(C(CN(C)C)Nc2ccc3c(c2)Sc2cccc(-c4cc(N5CCOCC5)cc(=O)[nH]4)c2S3)n1. The number of rotatable bonds is 7. The van der Waals surface area contributed by atoms with E-state index >= 15 is 0 Å². The topological polar surface area (TPSA) is 73.5 Å². The minimum absolute atomic E-state index is 0.0728. The van der Waals surface area contributed by atoms with E-state index in [9.17, 15) is 4.79 Å². The monoisotopic (exact) mass is 571 g/mol. The molecule has 4 heterocycles. The summed E-state index contributed by atoms with van der Waals surface area (Å²) >= 11 is 3.54. The second-order valence-electron chi connectivity index (χ2n) is 10.4. The number of anilines is 2. The van der Waals surface area contributed by atoms with E-state index < -0.39 is 0 Å². The van der Waals surface area contributed by atoms with Crippen molar-refractivity contribution in [2.45, 2.75) is 32.5 Å². The molecule has 1 saturated heterocycles. The molecule has 1 unspecified atom stereocenters. The third-order valence-electron chi connectivity index (χ3n) is 7.01. The Morgan fingerprint density at radius 3 is 2.62 bits per heavy atom. The summed E-state index contributed by atoms with van der Waals surface area (Å²) in [6.07, 6.45) is 0. The molecule has 6 rings (SSSR count).